The van der Waals surface area contributed by atoms with Crippen molar-refractivity contribution in [2.24, 2.45) is 0 Å². The maximum Gasteiger partial charge on any atom is 0.377 e. The van der Waals surface area contributed by atoms with Gasteiger partial charge in [-0.05, 0) is 31.4 Å². The fourth-order valence-electron chi connectivity index (χ4n) is 2.70. The minimum atomic E-state index is -2.66. The predicted molar refractivity (Wildman–Crippen MR) is 95.9 cm³/mol. The highest BCUT2D eigenvalue weighted by molar-refractivity contribution is 6.11. The van der Waals surface area contributed by atoms with Gasteiger partial charge in [-0.15, -0.1) is 0 Å². The lowest BCUT2D eigenvalue weighted by Gasteiger charge is -2.32. The van der Waals surface area contributed by atoms with Gasteiger partial charge in [0.15, 0.2) is 17.3 Å². The molecule has 0 aromatic heterocycles. The zero-order valence-electron chi connectivity index (χ0n) is 15.0. The molecule has 0 aliphatic carbocycles. The van der Waals surface area contributed by atoms with Crippen LogP contribution >= 0.6 is 0 Å². The number of carbonyl (C=O) groups is 2. The number of allylic oxidation sites excluding steroid dienone is 4. The van der Waals surface area contributed by atoms with Gasteiger partial charge in [-0.1, -0.05) is 50.6 Å². The molecule has 6 heteroatoms. The van der Waals surface area contributed by atoms with Crippen LogP contribution in [0.2, 0.25) is 0 Å². The van der Waals surface area contributed by atoms with Crippen molar-refractivity contribution < 1.29 is 29.3 Å². The quantitative estimate of drug-likeness (QED) is 0.429. The van der Waals surface area contributed by atoms with Crippen molar-refractivity contribution in [1.82, 2.24) is 0 Å². The van der Waals surface area contributed by atoms with E-state index < -0.39 is 40.7 Å². The van der Waals surface area contributed by atoms with Crippen LogP contribution in [0, 0.1) is 0 Å². The molecule has 2 atom stereocenters. The van der Waals surface area contributed by atoms with Gasteiger partial charge in [0.1, 0.15) is 5.57 Å². The monoisotopic (exact) mass is 360 g/mol. The Balaban J connectivity index is 2.21. The second-order valence-corrected chi connectivity index (χ2v) is 6.27. The second kappa shape index (κ2) is 8.29. The van der Waals surface area contributed by atoms with E-state index in [0.29, 0.717) is 12.0 Å². The molecule has 0 saturated heterocycles. The minimum absolute atomic E-state index is 0.332. The average Bonchev–Trinajstić information content (AvgIpc) is 2.67. The zero-order valence-corrected chi connectivity index (χ0v) is 15.0. The second-order valence-electron chi connectivity index (χ2n) is 6.27. The first-order valence-electron chi connectivity index (χ1n) is 8.60. The Bertz CT molecular complexity index is 725. The standard InChI is InChI=1S/C20H24O6/c1-4-5-6-7-8-9-10-11-16-13(2)12-15(21)17-18(22)14(3)25-19(23)20(17,24)26-16/h7-10,12,16,22,24H,3-6,11H2,1-2H3/b8-7+,10-9+. The summed E-state index contributed by atoms with van der Waals surface area (Å²) < 4.78 is 10.2. The molecule has 2 rings (SSSR count). The summed E-state index contributed by atoms with van der Waals surface area (Å²) in [6, 6.07) is 0. The first-order valence-corrected chi connectivity index (χ1v) is 8.60. The third-order valence-electron chi connectivity index (χ3n) is 4.22. The predicted octanol–water partition coefficient (Wildman–Crippen LogP) is 3.16. The molecule has 0 saturated carbocycles. The van der Waals surface area contributed by atoms with Crippen LogP contribution in [0.15, 0.2) is 59.6 Å². The fraction of sp³-hybridized carbons (Fsp3) is 0.400. The van der Waals surface area contributed by atoms with Crippen molar-refractivity contribution in [1.29, 1.82) is 0 Å². The number of hydrogen-bond acceptors (Lipinski definition) is 6. The van der Waals surface area contributed by atoms with Crippen molar-refractivity contribution in [2.75, 3.05) is 0 Å². The number of fused-ring (bicyclic) bond motifs is 1. The van der Waals surface area contributed by atoms with Gasteiger partial charge in [0, 0.05) is 0 Å². The van der Waals surface area contributed by atoms with E-state index in [-0.39, 0.29) is 0 Å². The van der Waals surface area contributed by atoms with Crippen molar-refractivity contribution in [3.63, 3.8) is 0 Å². The average molecular weight is 360 g/mol. The lowest BCUT2D eigenvalue weighted by molar-refractivity contribution is -0.223. The van der Waals surface area contributed by atoms with Crippen molar-refractivity contribution in [2.45, 2.75) is 51.4 Å². The summed E-state index contributed by atoms with van der Waals surface area (Å²) in [6.07, 6.45) is 11.7. The minimum Gasteiger partial charge on any atom is -0.504 e. The highest BCUT2D eigenvalue weighted by atomic mass is 16.7. The molecule has 2 aliphatic heterocycles. The highest BCUT2D eigenvalue weighted by Crippen LogP contribution is 2.37. The Morgan fingerprint density at radius 2 is 2.00 bits per heavy atom. The first-order chi connectivity index (χ1) is 12.3. The maximum absolute atomic E-state index is 12.4. The summed E-state index contributed by atoms with van der Waals surface area (Å²) in [5.74, 6) is -5.65. The van der Waals surface area contributed by atoms with E-state index in [1.54, 1.807) is 6.92 Å². The van der Waals surface area contributed by atoms with E-state index in [0.717, 1.165) is 19.3 Å². The summed E-state index contributed by atoms with van der Waals surface area (Å²) in [5, 5.41) is 20.7. The van der Waals surface area contributed by atoms with Crippen molar-refractivity contribution in [3.8, 4) is 0 Å². The number of esters is 1. The summed E-state index contributed by atoms with van der Waals surface area (Å²) >= 11 is 0. The van der Waals surface area contributed by atoms with Gasteiger partial charge in [0.05, 0.1) is 6.10 Å². The molecule has 2 unspecified atom stereocenters. The lowest BCUT2D eigenvalue weighted by Crippen LogP contribution is -2.51. The molecular weight excluding hydrogens is 336 g/mol. The van der Waals surface area contributed by atoms with E-state index in [9.17, 15) is 19.8 Å². The SMILES string of the molecule is C=C1OC(=O)C2(O)OC(C/C=C/C=C/CCCC)C(C)=CC(=O)C2=C1O. The first kappa shape index (κ1) is 19.9. The summed E-state index contributed by atoms with van der Waals surface area (Å²) in [7, 11) is 0. The Morgan fingerprint density at radius 3 is 2.69 bits per heavy atom. The van der Waals surface area contributed by atoms with Gasteiger partial charge in [-0.25, -0.2) is 4.79 Å². The molecule has 0 aromatic rings. The number of aliphatic hydroxyl groups is 2. The van der Waals surface area contributed by atoms with Gasteiger partial charge >= 0.3 is 11.8 Å². The Morgan fingerprint density at radius 1 is 1.31 bits per heavy atom. The van der Waals surface area contributed by atoms with Crippen LogP contribution in [0.5, 0.6) is 0 Å². The van der Waals surface area contributed by atoms with Crippen LogP contribution in [0.1, 0.15) is 39.5 Å². The van der Waals surface area contributed by atoms with Gasteiger partial charge < -0.3 is 19.7 Å². The smallest absolute Gasteiger partial charge is 0.377 e. The van der Waals surface area contributed by atoms with Crippen LogP contribution in [0.4, 0.5) is 0 Å². The summed E-state index contributed by atoms with van der Waals surface area (Å²) in [5.41, 5.74) is -0.0415. The largest absolute Gasteiger partial charge is 0.504 e. The molecule has 0 bridgehead atoms. The molecule has 26 heavy (non-hydrogen) atoms. The molecule has 2 N–H and O–H groups in total. The molecule has 2 heterocycles. The molecule has 0 fully saturated rings. The zero-order chi connectivity index (χ0) is 19.3. The molecule has 0 aromatic carbocycles. The maximum atomic E-state index is 12.4. The molecule has 0 amide bonds. The molecule has 140 valence electrons. The van der Waals surface area contributed by atoms with E-state index in [1.165, 1.54) is 6.08 Å². The van der Waals surface area contributed by atoms with Gasteiger partial charge in [0.25, 0.3) is 0 Å². The highest BCUT2D eigenvalue weighted by Gasteiger charge is 2.54. The fourth-order valence-corrected chi connectivity index (χ4v) is 2.70. The number of ketones is 1. The number of cyclic esters (lactones) is 1. The van der Waals surface area contributed by atoms with E-state index in [1.807, 2.05) is 18.2 Å². The van der Waals surface area contributed by atoms with Crippen LogP contribution < -0.4 is 0 Å². The number of rotatable bonds is 6. The number of hydrogen-bond donors (Lipinski definition) is 2. The molecule has 6 nitrogen and oxygen atoms in total. The Labute approximate surface area is 152 Å². The normalized spacial score (nSPS) is 27.0. The summed E-state index contributed by atoms with van der Waals surface area (Å²) in [4.78, 5) is 24.5. The number of ether oxygens (including phenoxy) is 2. The Kier molecular flexibility index (Phi) is 6.34. The molecular formula is C20H24O6. The number of aliphatic hydroxyl groups excluding tert-OH is 1. The van der Waals surface area contributed by atoms with E-state index in [2.05, 4.69) is 19.6 Å². The van der Waals surface area contributed by atoms with Gasteiger partial charge in [0.2, 0.25) is 0 Å². The topological polar surface area (TPSA) is 93.1 Å². The van der Waals surface area contributed by atoms with Gasteiger partial charge in [-0.3, -0.25) is 4.79 Å². The van der Waals surface area contributed by atoms with Crippen LogP contribution in [0.25, 0.3) is 0 Å². The number of unbranched alkanes of at least 4 members (excludes halogenated alkanes) is 2. The molecule has 0 spiro atoms. The third-order valence-corrected chi connectivity index (χ3v) is 4.22. The van der Waals surface area contributed by atoms with Gasteiger partial charge in [-0.2, -0.15) is 0 Å². The van der Waals surface area contributed by atoms with E-state index >= 15 is 0 Å². The summed E-state index contributed by atoms with van der Waals surface area (Å²) in [6.45, 7) is 7.14. The van der Waals surface area contributed by atoms with Crippen LogP contribution in [-0.2, 0) is 19.1 Å². The third kappa shape index (κ3) is 4.03. The van der Waals surface area contributed by atoms with E-state index in [4.69, 9.17) is 9.47 Å². The molecule has 0 radical (unpaired) electrons. The lowest BCUT2D eigenvalue weighted by atomic mass is 9.97. The Hall–Kier alpha value is -2.44. The van der Waals surface area contributed by atoms with Crippen molar-refractivity contribution in [3.05, 3.63) is 59.6 Å². The van der Waals surface area contributed by atoms with Crippen LogP contribution in [0.3, 0.4) is 0 Å². The molecule has 2 aliphatic rings. The van der Waals surface area contributed by atoms with Crippen LogP contribution in [-0.4, -0.2) is 33.9 Å². The van der Waals surface area contributed by atoms with Crippen molar-refractivity contribution >= 4 is 11.8 Å². The number of carbonyl (C=O) groups excluding carboxylic acids is 2.